The zero-order valence-electron chi connectivity index (χ0n) is 14.5. The van der Waals surface area contributed by atoms with Crippen LogP contribution in [0.1, 0.15) is 40.9 Å². The van der Waals surface area contributed by atoms with Crippen molar-refractivity contribution < 1.29 is 14.3 Å². The van der Waals surface area contributed by atoms with Crippen molar-refractivity contribution in [1.29, 1.82) is 0 Å². The smallest absolute Gasteiger partial charge is 0.265 e. The minimum absolute atomic E-state index is 0.0865. The standard InChI is InChI=1S/C20H22N2O3S/c23-18(17-4-2-12-26-17)22-15-7-5-14(6-8-15)20(9-10-20)19(24)21-13-16-3-1-11-25-16/h2,4-8,12,16H,1,3,9-11,13H2,(H,21,24)(H,22,23). The number of benzene rings is 1. The molecular weight excluding hydrogens is 348 g/mol. The number of hydrogen-bond donors (Lipinski definition) is 2. The van der Waals surface area contributed by atoms with Crippen LogP contribution in [0, 0.1) is 0 Å². The summed E-state index contributed by atoms with van der Waals surface area (Å²) in [7, 11) is 0. The highest BCUT2D eigenvalue weighted by molar-refractivity contribution is 7.12. The summed E-state index contributed by atoms with van der Waals surface area (Å²) in [5.74, 6) is -0.0217. The maximum atomic E-state index is 12.7. The van der Waals surface area contributed by atoms with E-state index in [1.165, 1.54) is 11.3 Å². The molecule has 1 unspecified atom stereocenters. The number of ether oxygens (including phenoxy) is 1. The van der Waals surface area contributed by atoms with E-state index in [0.717, 1.165) is 43.5 Å². The molecule has 5 nitrogen and oxygen atoms in total. The molecule has 136 valence electrons. The Labute approximate surface area is 156 Å². The van der Waals surface area contributed by atoms with Crippen molar-refractivity contribution in [3.8, 4) is 0 Å². The minimum Gasteiger partial charge on any atom is -0.376 e. The first-order valence-corrected chi connectivity index (χ1v) is 9.91. The second-order valence-electron chi connectivity index (χ2n) is 6.94. The van der Waals surface area contributed by atoms with E-state index in [1.54, 1.807) is 6.07 Å². The van der Waals surface area contributed by atoms with Gasteiger partial charge in [-0.25, -0.2) is 0 Å². The van der Waals surface area contributed by atoms with E-state index in [9.17, 15) is 9.59 Å². The van der Waals surface area contributed by atoms with E-state index in [0.29, 0.717) is 11.4 Å². The Morgan fingerprint density at radius 3 is 2.62 bits per heavy atom. The monoisotopic (exact) mass is 370 g/mol. The van der Waals surface area contributed by atoms with Gasteiger partial charge in [-0.2, -0.15) is 0 Å². The topological polar surface area (TPSA) is 67.4 Å². The van der Waals surface area contributed by atoms with Crippen molar-refractivity contribution >= 4 is 28.8 Å². The molecule has 1 saturated carbocycles. The summed E-state index contributed by atoms with van der Waals surface area (Å²) in [5.41, 5.74) is 1.34. The highest BCUT2D eigenvalue weighted by Crippen LogP contribution is 2.48. The Bertz CT molecular complexity index is 776. The van der Waals surface area contributed by atoms with Gasteiger partial charge in [-0.05, 0) is 54.8 Å². The van der Waals surface area contributed by atoms with Gasteiger partial charge in [-0.15, -0.1) is 11.3 Å². The van der Waals surface area contributed by atoms with Crippen molar-refractivity contribution in [3.63, 3.8) is 0 Å². The summed E-state index contributed by atoms with van der Waals surface area (Å²) in [4.78, 5) is 25.5. The molecule has 1 saturated heterocycles. The van der Waals surface area contributed by atoms with E-state index in [1.807, 2.05) is 35.7 Å². The van der Waals surface area contributed by atoms with Crippen molar-refractivity contribution in [2.75, 3.05) is 18.5 Å². The molecule has 26 heavy (non-hydrogen) atoms. The molecule has 0 radical (unpaired) electrons. The molecule has 2 heterocycles. The number of carbonyl (C=O) groups is 2. The summed E-state index contributed by atoms with van der Waals surface area (Å²) in [5, 5.41) is 7.83. The van der Waals surface area contributed by atoms with Crippen LogP contribution in [-0.4, -0.2) is 31.1 Å². The first-order valence-electron chi connectivity index (χ1n) is 9.03. The fourth-order valence-corrected chi connectivity index (χ4v) is 4.04. The number of rotatable bonds is 6. The summed E-state index contributed by atoms with van der Waals surface area (Å²) >= 11 is 1.41. The first kappa shape index (κ1) is 17.2. The number of thiophene rings is 1. The van der Waals surface area contributed by atoms with Crippen LogP contribution >= 0.6 is 11.3 Å². The van der Waals surface area contributed by atoms with Crippen molar-refractivity contribution in [2.45, 2.75) is 37.2 Å². The van der Waals surface area contributed by atoms with Gasteiger partial charge < -0.3 is 15.4 Å². The van der Waals surface area contributed by atoms with Gasteiger partial charge in [0.15, 0.2) is 0 Å². The van der Waals surface area contributed by atoms with Gasteiger partial charge in [0.05, 0.1) is 16.4 Å². The van der Waals surface area contributed by atoms with Gasteiger partial charge in [0.25, 0.3) is 5.91 Å². The molecule has 0 spiro atoms. The molecule has 2 aromatic rings. The van der Waals surface area contributed by atoms with E-state index < -0.39 is 5.41 Å². The average Bonchev–Trinajstić information content (AvgIpc) is 3.07. The zero-order chi connectivity index (χ0) is 18.0. The Morgan fingerprint density at radius 2 is 2.00 bits per heavy atom. The van der Waals surface area contributed by atoms with E-state index in [2.05, 4.69) is 10.6 Å². The van der Waals surface area contributed by atoms with Crippen LogP contribution in [0.3, 0.4) is 0 Å². The molecule has 4 rings (SSSR count). The molecule has 2 N–H and O–H groups in total. The first-order chi connectivity index (χ1) is 12.7. The molecule has 2 amide bonds. The average molecular weight is 370 g/mol. The molecule has 6 heteroatoms. The Balaban J connectivity index is 1.38. The largest absolute Gasteiger partial charge is 0.376 e. The molecular formula is C20H22N2O3S. The molecule has 1 aromatic heterocycles. The summed E-state index contributed by atoms with van der Waals surface area (Å²) in [6.07, 6.45) is 3.98. The van der Waals surface area contributed by atoms with Crippen LogP contribution in [0.2, 0.25) is 0 Å². The SMILES string of the molecule is O=C(Nc1ccc(C2(C(=O)NCC3CCCO3)CC2)cc1)c1cccs1. The minimum atomic E-state index is -0.408. The summed E-state index contributed by atoms with van der Waals surface area (Å²) in [6, 6.07) is 11.3. The third kappa shape index (κ3) is 3.52. The summed E-state index contributed by atoms with van der Waals surface area (Å²) in [6.45, 7) is 1.39. The van der Waals surface area contributed by atoms with Crippen molar-refractivity contribution in [2.24, 2.45) is 0 Å². The Kier molecular flexibility index (Phi) is 4.78. The zero-order valence-corrected chi connectivity index (χ0v) is 15.3. The lowest BCUT2D eigenvalue weighted by Crippen LogP contribution is -2.39. The van der Waals surface area contributed by atoms with Crippen molar-refractivity contribution in [3.05, 3.63) is 52.2 Å². The maximum absolute atomic E-state index is 12.7. The maximum Gasteiger partial charge on any atom is 0.265 e. The number of hydrogen-bond acceptors (Lipinski definition) is 4. The Morgan fingerprint density at radius 1 is 1.19 bits per heavy atom. The number of nitrogens with one attached hydrogen (secondary N) is 2. The van der Waals surface area contributed by atoms with Gasteiger partial charge in [0, 0.05) is 18.8 Å². The third-order valence-electron chi connectivity index (χ3n) is 5.14. The van der Waals surface area contributed by atoms with E-state index in [-0.39, 0.29) is 17.9 Å². The van der Waals surface area contributed by atoms with Crippen LogP contribution in [0.15, 0.2) is 41.8 Å². The van der Waals surface area contributed by atoms with Crippen LogP contribution in [-0.2, 0) is 14.9 Å². The normalized spacial score (nSPS) is 20.5. The molecule has 2 fully saturated rings. The van der Waals surface area contributed by atoms with Crippen LogP contribution in [0.5, 0.6) is 0 Å². The third-order valence-corrected chi connectivity index (χ3v) is 6.01. The van der Waals surface area contributed by atoms with Crippen LogP contribution < -0.4 is 10.6 Å². The second kappa shape index (κ2) is 7.21. The lowest BCUT2D eigenvalue weighted by Gasteiger charge is -2.18. The molecule has 1 atom stereocenters. The van der Waals surface area contributed by atoms with Crippen LogP contribution in [0.4, 0.5) is 5.69 Å². The predicted molar refractivity (Wildman–Crippen MR) is 102 cm³/mol. The molecule has 1 aromatic carbocycles. The molecule has 2 aliphatic rings. The Hall–Kier alpha value is -2.18. The van der Waals surface area contributed by atoms with Gasteiger partial charge in [-0.3, -0.25) is 9.59 Å². The molecule has 0 bridgehead atoms. The molecule has 1 aliphatic carbocycles. The fraction of sp³-hybridized carbons (Fsp3) is 0.400. The van der Waals surface area contributed by atoms with Crippen LogP contribution in [0.25, 0.3) is 0 Å². The van der Waals surface area contributed by atoms with E-state index in [4.69, 9.17) is 4.74 Å². The highest BCUT2D eigenvalue weighted by Gasteiger charge is 2.51. The second-order valence-corrected chi connectivity index (χ2v) is 7.88. The number of amides is 2. The fourth-order valence-electron chi connectivity index (χ4n) is 3.43. The predicted octanol–water partition coefficient (Wildman–Crippen LogP) is 3.33. The van der Waals surface area contributed by atoms with Gasteiger partial charge in [0.2, 0.25) is 5.91 Å². The van der Waals surface area contributed by atoms with Gasteiger partial charge in [0.1, 0.15) is 0 Å². The summed E-state index contributed by atoms with van der Waals surface area (Å²) < 4.78 is 5.57. The highest BCUT2D eigenvalue weighted by atomic mass is 32.1. The quantitative estimate of drug-likeness (QED) is 0.820. The number of carbonyl (C=O) groups excluding carboxylic acids is 2. The van der Waals surface area contributed by atoms with E-state index >= 15 is 0 Å². The molecule has 1 aliphatic heterocycles. The van der Waals surface area contributed by atoms with Crippen molar-refractivity contribution in [1.82, 2.24) is 5.32 Å². The lowest BCUT2D eigenvalue weighted by atomic mass is 9.94. The van der Waals surface area contributed by atoms with Gasteiger partial charge >= 0.3 is 0 Å². The number of anilines is 1. The van der Waals surface area contributed by atoms with Gasteiger partial charge in [-0.1, -0.05) is 18.2 Å². The lowest BCUT2D eigenvalue weighted by molar-refractivity contribution is -0.124.